The maximum atomic E-state index is 15.8. The molecule has 6 rings (SSSR count). The number of aromatic nitrogens is 1. The Morgan fingerprint density at radius 2 is 1.82 bits per heavy atom. The Labute approximate surface area is 256 Å². The van der Waals surface area contributed by atoms with Crippen molar-refractivity contribution in [3.8, 4) is 5.75 Å². The van der Waals surface area contributed by atoms with E-state index in [4.69, 9.17) is 13.9 Å². The average molecular weight is 609 g/mol. The maximum Gasteiger partial charge on any atom is 0.306 e. The highest BCUT2D eigenvalue weighted by molar-refractivity contribution is 5.83. The van der Waals surface area contributed by atoms with E-state index in [1.165, 1.54) is 12.8 Å². The molecule has 236 valence electrons. The third-order valence-corrected chi connectivity index (χ3v) is 9.39. The normalized spacial score (nSPS) is 23.8. The van der Waals surface area contributed by atoms with Crippen LogP contribution in [0, 0.1) is 11.7 Å². The number of ether oxygens (including phenoxy) is 2. The van der Waals surface area contributed by atoms with E-state index in [9.17, 15) is 14.7 Å². The molecule has 44 heavy (non-hydrogen) atoms. The molecule has 2 N–H and O–H groups in total. The summed E-state index contributed by atoms with van der Waals surface area (Å²) in [5.41, 5.74) is 1.24. The molecule has 0 bridgehead atoms. The van der Waals surface area contributed by atoms with E-state index in [0.717, 1.165) is 19.4 Å². The second-order valence-electron chi connectivity index (χ2n) is 12.4. The van der Waals surface area contributed by atoms with Crippen LogP contribution in [0.25, 0.3) is 11.1 Å². The van der Waals surface area contributed by atoms with E-state index in [1.807, 2.05) is 23.1 Å². The lowest BCUT2D eigenvalue weighted by Crippen LogP contribution is -2.48. The van der Waals surface area contributed by atoms with Crippen LogP contribution in [0.4, 0.5) is 16.1 Å². The molecule has 2 aromatic carbocycles. The van der Waals surface area contributed by atoms with Crippen molar-refractivity contribution in [2.45, 2.75) is 82.0 Å². The van der Waals surface area contributed by atoms with Gasteiger partial charge in [0.05, 0.1) is 43.9 Å². The quantitative estimate of drug-likeness (QED) is 0.280. The van der Waals surface area contributed by atoms with Gasteiger partial charge < -0.3 is 34.1 Å². The van der Waals surface area contributed by atoms with E-state index in [-0.39, 0.29) is 53.6 Å². The highest BCUT2D eigenvalue weighted by Gasteiger charge is 2.40. The molecule has 0 unspecified atom stereocenters. The standard InChI is InChI=1S/C33H41FN4O6/c1-37(22-10-11-22)18-23-12-13-24(19-43-25-14-7-20(8-15-25)32(40)41)38(23)29(39)17-21-9-16-27-31(30(21)34)44-33(36-27)35-26-5-3-4-6-28(26)42-2/h3-6,9,16,20,22-25H,7-8,10-15,17-19H2,1-2H3,(H,35,36)(H,40,41)/t20?,23-,24-,25?/m0/s1. The van der Waals surface area contributed by atoms with Gasteiger partial charge in [-0.25, -0.2) is 4.39 Å². The average Bonchev–Trinajstić information content (AvgIpc) is 3.68. The first-order chi connectivity index (χ1) is 21.3. The molecule has 0 radical (unpaired) electrons. The number of rotatable bonds is 12. The molecule has 1 aromatic heterocycles. The van der Waals surface area contributed by atoms with Gasteiger partial charge in [-0.05, 0) is 76.6 Å². The van der Waals surface area contributed by atoms with Crippen LogP contribution >= 0.6 is 0 Å². The Balaban J connectivity index is 1.16. The Bertz CT molecular complexity index is 1480. The number of amides is 1. The molecule has 2 saturated carbocycles. The number of carboxylic acid groups (broad SMARTS) is 1. The number of benzene rings is 2. The highest BCUT2D eigenvalue weighted by Crippen LogP contribution is 2.34. The summed E-state index contributed by atoms with van der Waals surface area (Å²) in [5, 5.41) is 12.4. The molecule has 3 aromatic rings. The maximum absolute atomic E-state index is 15.8. The smallest absolute Gasteiger partial charge is 0.306 e. The number of para-hydroxylation sites is 2. The van der Waals surface area contributed by atoms with Crippen LogP contribution in [0.2, 0.25) is 0 Å². The van der Waals surface area contributed by atoms with Gasteiger partial charge >= 0.3 is 5.97 Å². The van der Waals surface area contributed by atoms with E-state index in [0.29, 0.717) is 55.3 Å². The molecule has 1 saturated heterocycles. The number of aliphatic carboxylic acids is 1. The summed E-state index contributed by atoms with van der Waals surface area (Å²) in [4.78, 5) is 33.9. The first-order valence-electron chi connectivity index (χ1n) is 15.6. The number of likely N-dealkylation sites (N-methyl/N-ethyl adjacent to an activating group) is 1. The number of anilines is 2. The number of halogens is 1. The first kappa shape index (κ1) is 30.3. The van der Waals surface area contributed by atoms with E-state index < -0.39 is 11.8 Å². The fraction of sp³-hybridized carbons (Fsp3) is 0.545. The van der Waals surface area contributed by atoms with Crippen molar-refractivity contribution in [1.29, 1.82) is 0 Å². The van der Waals surface area contributed by atoms with Crippen LogP contribution < -0.4 is 10.1 Å². The molecule has 2 heterocycles. The van der Waals surface area contributed by atoms with Crippen LogP contribution in [-0.2, 0) is 20.7 Å². The van der Waals surface area contributed by atoms with Gasteiger partial charge in [0.2, 0.25) is 5.91 Å². The van der Waals surface area contributed by atoms with Crippen LogP contribution in [0.3, 0.4) is 0 Å². The van der Waals surface area contributed by atoms with Gasteiger partial charge in [0.25, 0.3) is 6.01 Å². The van der Waals surface area contributed by atoms with Crippen molar-refractivity contribution in [3.63, 3.8) is 0 Å². The van der Waals surface area contributed by atoms with Crippen LogP contribution in [0.5, 0.6) is 5.75 Å². The molecule has 3 fully saturated rings. The first-order valence-corrected chi connectivity index (χ1v) is 15.6. The predicted octanol–water partition coefficient (Wildman–Crippen LogP) is 5.38. The van der Waals surface area contributed by atoms with Crippen LogP contribution in [-0.4, -0.2) is 83.3 Å². The number of methoxy groups -OCH3 is 1. The lowest BCUT2D eigenvalue weighted by atomic mass is 9.87. The van der Waals surface area contributed by atoms with Gasteiger partial charge in [-0.1, -0.05) is 18.2 Å². The summed E-state index contributed by atoms with van der Waals surface area (Å²) in [6, 6.07) is 11.2. The molecule has 10 nitrogen and oxygen atoms in total. The second kappa shape index (κ2) is 13.1. The van der Waals surface area contributed by atoms with Crippen molar-refractivity contribution in [2.75, 3.05) is 32.6 Å². The number of hydrogen-bond donors (Lipinski definition) is 2. The zero-order valence-electron chi connectivity index (χ0n) is 25.3. The van der Waals surface area contributed by atoms with E-state index >= 15 is 4.39 Å². The molecule has 1 amide bonds. The van der Waals surface area contributed by atoms with Gasteiger partial charge in [-0.2, -0.15) is 4.98 Å². The van der Waals surface area contributed by atoms with Crippen molar-refractivity contribution in [2.24, 2.45) is 5.92 Å². The lowest BCUT2D eigenvalue weighted by Gasteiger charge is -2.34. The lowest BCUT2D eigenvalue weighted by molar-refractivity contribution is -0.144. The summed E-state index contributed by atoms with van der Waals surface area (Å²) in [6.45, 7) is 1.18. The number of carbonyl (C=O) groups is 2. The fourth-order valence-corrected chi connectivity index (χ4v) is 6.74. The topological polar surface area (TPSA) is 117 Å². The van der Waals surface area contributed by atoms with Gasteiger partial charge in [-0.15, -0.1) is 0 Å². The zero-order valence-corrected chi connectivity index (χ0v) is 25.3. The Hall–Kier alpha value is -3.70. The third-order valence-electron chi connectivity index (χ3n) is 9.39. The Morgan fingerprint density at radius 3 is 2.55 bits per heavy atom. The van der Waals surface area contributed by atoms with Crippen molar-refractivity contribution in [1.82, 2.24) is 14.8 Å². The SMILES string of the molecule is COc1ccccc1Nc1nc2ccc(CC(=O)N3[C@H](COC4CCC(C(=O)O)CC4)CC[C@H]3CN(C)C3CC3)c(F)c2o1. The number of nitrogens with one attached hydrogen (secondary N) is 1. The summed E-state index contributed by atoms with van der Waals surface area (Å²) >= 11 is 0. The van der Waals surface area contributed by atoms with E-state index in [2.05, 4.69) is 22.2 Å². The Kier molecular flexibility index (Phi) is 9.04. The molecular weight excluding hydrogens is 567 g/mol. The highest BCUT2D eigenvalue weighted by atomic mass is 19.1. The molecule has 0 spiro atoms. The second-order valence-corrected chi connectivity index (χ2v) is 12.4. The molecule has 11 heteroatoms. The van der Waals surface area contributed by atoms with Crippen molar-refractivity contribution in [3.05, 3.63) is 47.8 Å². The number of carbonyl (C=O) groups excluding carboxylic acids is 1. The summed E-state index contributed by atoms with van der Waals surface area (Å²) in [5.74, 6) is -1.17. The fourth-order valence-electron chi connectivity index (χ4n) is 6.74. The van der Waals surface area contributed by atoms with E-state index in [1.54, 1.807) is 25.3 Å². The number of oxazole rings is 1. The predicted molar refractivity (Wildman–Crippen MR) is 163 cm³/mol. The number of hydrogen-bond acceptors (Lipinski definition) is 8. The number of fused-ring (bicyclic) bond motifs is 1. The van der Waals surface area contributed by atoms with Gasteiger partial charge in [-0.3, -0.25) is 9.59 Å². The molecule has 3 aliphatic rings. The molecular formula is C33H41FN4O6. The molecule has 2 atom stereocenters. The van der Waals surface area contributed by atoms with Gasteiger partial charge in [0.1, 0.15) is 11.3 Å². The number of likely N-dealkylation sites (tertiary alicyclic amines) is 1. The zero-order chi connectivity index (χ0) is 30.8. The van der Waals surface area contributed by atoms with Gasteiger partial charge in [0, 0.05) is 24.2 Å². The molecule has 1 aliphatic heterocycles. The third kappa shape index (κ3) is 6.68. The minimum absolute atomic E-state index is 0.000651. The summed E-state index contributed by atoms with van der Waals surface area (Å²) < 4.78 is 33.2. The summed E-state index contributed by atoms with van der Waals surface area (Å²) in [7, 11) is 3.67. The monoisotopic (exact) mass is 608 g/mol. The van der Waals surface area contributed by atoms with Crippen LogP contribution in [0.1, 0.15) is 56.9 Å². The van der Waals surface area contributed by atoms with Gasteiger partial charge in [0.15, 0.2) is 11.4 Å². The molecule has 2 aliphatic carbocycles. The minimum atomic E-state index is -0.738. The minimum Gasteiger partial charge on any atom is -0.495 e. The number of nitrogens with zero attached hydrogens (tertiary/aromatic N) is 3. The van der Waals surface area contributed by atoms with Crippen molar-refractivity contribution < 1.29 is 33.0 Å². The number of carboxylic acids is 1. The van der Waals surface area contributed by atoms with Crippen LogP contribution in [0.15, 0.2) is 40.8 Å². The largest absolute Gasteiger partial charge is 0.495 e. The summed E-state index contributed by atoms with van der Waals surface area (Å²) in [6.07, 6.45) is 6.60. The Morgan fingerprint density at radius 1 is 1.07 bits per heavy atom. The van der Waals surface area contributed by atoms with Crippen molar-refractivity contribution >= 4 is 34.7 Å².